The number of methoxy groups -OCH3 is 1. The summed E-state index contributed by atoms with van der Waals surface area (Å²) in [6, 6.07) is 6.81. The van der Waals surface area contributed by atoms with E-state index in [9.17, 15) is 0 Å². The van der Waals surface area contributed by atoms with Crippen LogP contribution in [0, 0.1) is 0 Å². The van der Waals surface area contributed by atoms with E-state index in [2.05, 4.69) is 23.5 Å². The molecule has 2 heteroatoms. The van der Waals surface area contributed by atoms with Gasteiger partial charge < -0.3 is 10.1 Å². The lowest BCUT2D eigenvalue weighted by molar-refractivity contribution is -0.0503. The first-order valence-corrected chi connectivity index (χ1v) is 6.68. The predicted octanol–water partition coefficient (Wildman–Crippen LogP) is 2.10. The SMILES string of the molecule is COC1(Cc2cccc3c2CCCC3)CNC1. The fraction of sp³-hybridized carbons (Fsp3) is 0.600. The van der Waals surface area contributed by atoms with Gasteiger partial charge in [-0.1, -0.05) is 18.2 Å². The van der Waals surface area contributed by atoms with Crippen LogP contribution in [0.2, 0.25) is 0 Å². The topological polar surface area (TPSA) is 21.3 Å². The van der Waals surface area contributed by atoms with Gasteiger partial charge in [0.15, 0.2) is 0 Å². The Balaban J connectivity index is 1.87. The first kappa shape index (κ1) is 11.2. The Bertz CT molecular complexity index is 404. The lowest BCUT2D eigenvalue weighted by Gasteiger charge is -2.42. The van der Waals surface area contributed by atoms with Crippen molar-refractivity contribution < 1.29 is 4.74 Å². The number of fused-ring (bicyclic) bond motifs is 1. The highest BCUT2D eigenvalue weighted by atomic mass is 16.5. The molecule has 1 heterocycles. The maximum absolute atomic E-state index is 5.71. The van der Waals surface area contributed by atoms with Gasteiger partial charge in [-0.05, 0) is 42.4 Å². The van der Waals surface area contributed by atoms with Crippen molar-refractivity contribution in [1.29, 1.82) is 0 Å². The van der Waals surface area contributed by atoms with E-state index in [1.807, 2.05) is 7.11 Å². The zero-order valence-electron chi connectivity index (χ0n) is 10.6. The Kier molecular flexibility index (Phi) is 2.93. The van der Waals surface area contributed by atoms with Gasteiger partial charge in [-0.2, -0.15) is 0 Å². The Labute approximate surface area is 103 Å². The molecule has 1 aromatic carbocycles. The summed E-state index contributed by atoms with van der Waals surface area (Å²) in [6.45, 7) is 1.99. The van der Waals surface area contributed by atoms with Crippen molar-refractivity contribution in [2.24, 2.45) is 0 Å². The monoisotopic (exact) mass is 231 g/mol. The van der Waals surface area contributed by atoms with Crippen molar-refractivity contribution in [3.63, 3.8) is 0 Å². The summed E-state index contributed by atoms with van der Waals surface area (Å²) in [5.41, 5.74) is 4.77. The molecule has 17 heavy (non-hydrogen) atoms. The van der Waals surface area contributed by atoms with Gasteiger partial charge in [-0.25, -0.2) is 0 Å². The normalized spacial score (nSPS) is 21.7. The van der Waals surface area contributed by atoms with Crippen LogP contribution in [0.5, 0.6) is 0 Å². The molecule has 0 unspecified atom stereocenters. The third kappa shape index (κ3) is 2.00. The van der Waals surface area contributed by atoms with Crippen molar-refractivity contribution in [2.45, 2.75) is 37.7 Å². The zero-order valence-corrected chi connectivity index (χ0v) is 10.6. The van der Waals surface area contributed by atoms with E-state index in [1.165, 1.54) is 31.2 Å². The second-order valence-electron chi connectivity index (χ2n) is 5.43. The van der Waals surface area contributed by atoms with E-state index in [4.69, 9.17) is 4.74 Å². The summed E-state index contributed by atoms with van der Waals surface area (Å²) in [4.78, 5) is 0. The summed E-state index contributed by atoms with van der Waals surface area (Å²) in [6.07, 6.45) is 6.30. The van der Waals surface area contributed by atoms with Crippen molar-refractivity contribution in [3.05, 3.63) is 34.9 Å². The van der Waals surface area contributed by atoms with Gasteiger partial charge in [-0.15, -0.1) is 0 Å². The van der Waals surface area contributed by atoms with Crippen LogP contribution in [0.3, 0.4) is 0 Å². The molecular weight excluding hydrogens is 210 g/mol. The van der Waals surface area contributed by atoms with Crippen LogP contribution in [0.25, 0.3) is 0 Å². The fourth-order valence-electron chi connectivity index (χ4n) is 3.12. The molecule has 0 saturated carbocycles. The lowest BCUT2D eigenvalue weighted by atomic mass is 9.82. The molecule has 1 aliphatic carbocycles. The average Bonchev–Trinajstić information content (AvgIpc) is 2.34. The number of nitrogens with one attached hydrogen (secondary N) is 1. The Morgan fingerprint density at radius 3 is 2.76 bits per heavy atom. The van der Waals surface area contributed by atoms with E-state index in [1.54, 1.807) is 11.1 Å². The van der Waals surface area contributed by atoms with Gasteiger partial charge in [0.25, 0.3) is 0 Å². The minimum atomic E-state index is 0.0621. The molecule has 0 atom stereocenters. The summed E-state index contributed by atoms with van der Waals surface area (Å²) >= 11 is 0. The molecule has 0 amide bonds. The molecule has 0 bridgehead atoms. The number of ether oxygens (including phenoxy) is 1. The lowest BCUT2D eigenvalue weighted by Crippen LogP contribution is -2.62. The van der Waals surface area contributed by atoms with Gasteiger partial charge >= 0.3 is 0 Å². The van der Waals surface area contributed by atoms with E-state index in [0.717, 1.165) is 19.5 Å². The van der Waals surface area contributed by atoms with Crippen molar-refractivity contribution in [2.75, 3.05) is 20.2 Å². The van der Waals surface area contributed by atoms with E-state index >= 15 is 0 Å². The highest BCUT2D eigenvalue weighted by molar-refractivity contribution is 5.38. The first-order chi connectivity index (χ1) is 8.33. The number of aryl methyl sites for hydroxylation is 1. The van der Waals surface area contributed by atoms with E-state index in [0.29, 0.717) is 0 Å². The minimum absolute atomic E-state index is 0.0621. The van der Waals surface area contributed by atoms with Crippen molar-refractivity contribution >= 4 is 0 Å². The second kappa shape index (κ2) is 4.43. The van der Waals surface area contributed by atoms with Crippen LogP contribution in [0.1, 0.15) is 29.5 Å². The van der Waals surface area contributed by atoms with Gasteiger partial charge in [0.2, 0.25) is 0 Å². The van der Waals surface area contributed by atoms with Crippen LogP contribution in [0.15, 0.2) is 18.2 Å². The maximum Gasteiger partial charge on any atom is 0.0966 e. The Morgan fingerprint density at radius 2 is 2.06 bits per heavy atom. The quantitative estimate of drug-likeness (QED) is 0.860. The largest absolute Gasteiger partial charge is 0.375 e. The van der Waals surface area contributed by atoms with Crippen molar-refractivity contribution in [3.8, 4) is 0 Å². The number of hydrogen-bond donors (Lipinski definition) is 1. The van der Waals surface area contributed by atoms with Crippen LogP contribution in [-0.4, -0.2) is 25.8 Å². The third-order valence-corrected chi connectivity index (χ3v) is 4.33. The maximum atomic E-state index is 5.71. The van der Waals surface area contributed by atoms with E-state index in [-0.39, 0.29) is 5.60 Å². The second-order valence-corrected chi connectivity index (χ2v) is 5.43. The molecule has 1 N–H and O–H groups in total. The smallest absolute Gasteiger partial charge is 0.0966 e. The third-order valence-electron chi connectivity index (χ3n) is 4.33. The molecule has 92 valence electrons. The average molecular weight is 231 g/mol. The standard InChI is InChI=1S/C15H21NO/c1-17-15(10-16-11-15)9-13-7-4-6-12-5-2-3-8-14(12)13/h4,6-7,16H,2-3,5,8-11H2,1H3. The highest BCUT2D eigenvalue weighted by Crippen LogP contribution is 2.29. The molecule has 1 saturated heterocycles. The van der Waals surface area contributed by atoms with Crippen LogP contribution in [0.4, 0.5) is 0 Å². The summed E-state index contributed by atoms with van der Waals surface area (Å²) < 4.78 is 5.71. The summed E-state index contributed by atoms with van der Waals surface area (Å²) in [5.74, 6) is 0. The highest BCUT2D eigenvalue weighted by Gasteiger charge is 2.37. The van der Waals surface area contributed by atoms with Gasteiger partial charge in [-0.3, -0.25) is 0 Å². The van der Waals surface area contributed by atoms with Gasteiger partial charge in [0, 0.05) is 26.6 Å². The number of hydrogen-bond acceptors (Lipinski definition) is 2. The summed E-state index contributed by atoms with van der Waals surface area (Å²) in [5, 5.41) is 3.33. The predicted molar refractivity (Wildman–Crippen MR) is 69.4 cm³/mol. The molecule has 2 aliphatic rings. The Morgan fingerprint density at radius 1 is 1.24 bits per heavy atom. The number of rotatable bonds is 3. The van der Waals surface area contributed by atoms with Crippen LogP contribution < -0.4 is 5.32 Å². The Hall–Kier alpha value is -0.860. The molecule has 1 aliphatic heterocycles. The zero-order chi connectivity index (χ0) is 11.7. The van der Waals surface area contributed by atoms with Crippen LogP contribution in [-0.2, 0) is 24.0 Å². The summed E-state index contributed by atoms with van der Waals surface area (Å²) in [7, 11) is 1.84. The van der Waals surface area contributed by atoms with Gasteiger partial charge in [0.1, 0.15) is 0 Å². The minimum Gasteiger partial charge on any atom is -0.375 e. The molecule has 1 fully saturated rings. The fourth-order valence-corrected chi connectivity index (χ4v) is 3.12. The van der Waals surface area contributed by atoms with Gasteiger partial charge in [0.05, 0.1) is 5.60 Å². The van der Waals surface area contributed by atoms with Crippen LogP contribution >= 0.6 is 0 Å². The molecule has 2 nitrogen and oxygen atoms in total. The van der Waals surface area contributed by atoms with Crippen molar-refractivity contribution in [1.82, 2.24) is 5.32 Å². The molecule has 1 aromatic rings. The molecular formula is C15H21NO. The molecule has 0 aromatic heterocycles. The number of benzene rings is 1. The van der Waals surface area contributed by atoms with E-state index < -0.39 is 0 Å². The molecule has 0 radical (unpaired) electrons. The molecule has 3 rings (SSSR count). The molecule has 0 spiro atoms. The first-order valence-electron chi connectivity index (χ1n) is 6.68.